The first-order valence-corrected chi connectivity index (χ1v) is 7.82. The van der Waals surface area contributed by atoms with Gasteiger partial charge in [0.15, 0.2) is 0 Å². The van der Waals surface area contributed by atoms with E-state index in [2.05, 4.69) is 47.6 Å². The molecule has 1 aliphatic carbocycles. The van der Waals surface area contributed by atoms with E-state index in [-0.39, 0.29) is 0 Å². The molecule has 0 amide bonds. The highest BCUT2D eigenvalue weighted by atomic mass is 15.0. The Labute approximate surface area is 126 Å². The molecule has 0 saturated carbocycles. The van der Waals surface area contributed by atoms with Crippen molar-refractivity contribution in [1.29, 1.82) is 0 Å². The Morgan fingerprint density at radius 1 is 1.29 bits per heavy atom. The number of aromatic nitrogens is 2. The number of hydrogen-bond acceptors (Lipinski definition) is 2. The van der Waals surface area contributed by atoms with Crippen molar-refractivity contribution in [3.63, 3.8) is 0 Å². The molecule has 1 N–H and O–H groups in total. The van der Waals surface area contributed by atoms with Gasteiger partial charge in [-0.25, -0.2) is 4.98 Å². The average molecular weight is 281 g/mol. The Bertz CT molecular complexity index is 581. The van der Waals surface area contributed by atoms with Crippen molar-refractivity contribution in [2.24, 2.45) is 0 Å². The molecule has 0 bridgehead atoms. The van der Waals surface area contributed by atoms with E-state index in [1.807, 2.05) is 17.1 Å². The Morgan fingerprint density at radius 2 is 2.14 bits per heavy atom. The van der Waals surface area contributed by atoms with Crippen molar-refractivity contribution in [2.45, 2.75) is 38.6 Å². The minimum Gasteiger partial charge on any atom is -0.310 e. The third-order valence-electron chi connectivity index (χ3n) is 4.23. The van der Waals surface area contributed by atoms with Crippen LogP contribution in [0.4, 0.5) is 0 Å². The summed E-state index contributed by atoms with van der Waals surface area (Å²) in [6.07, 6.45) is 13.1. The van der Waals surface area contributed by atoms with E-state index in [1.54, 1.807) is 11.8 Å². The van der Waals surface area contributed by atoms with E-state index < -0.39 is 0 Å². The molecule has 0 radical (unpaired) electrons. The van der Waals surface area contributed by atoms with Crippen LogP contribution in [0.25, 0.3) is 5.69 Å². The van der Waals surface area contributed by atoms with Crippen LogP contribution in [0.3, 0.4) is 0 Å². The Morgan fingerprint density at radius 3 is 2.81 bits per heavy atom. The average Bonchev–Trinajstić information content (AvgIpc) is 3.21. The van der Waals surface area contributed by atoms with E-state index in [1.165, 1.54) is 31.2 Å². The molecule has 3 rings (SSSR count). The highest BCUT2D eigenvalue weighted by molar-refractivity contribution is 5.35. The third-order valence-corrected chi connectivity index (χ3v) is 4.23. The van der Waals surface area contributed by atoms with Gasteiger partial charge in [0.2, 0.25) is 0 Å². The molecular weight excluding hydrogens is 258 g/mol. The minimum atomic E-state index is 0.392. The van der Waals surface area contributed by atoms with Crippen LogP contribution in [-0.4, -0.2) is 16.1 Å². The molecule has 0 saturated heterocycles. The predicted molar refractivity (Wildman–Crippen MR) is 86.5 cm³/mol. The van der Waals surface area contributed by atoms with Crippen LogP contribution in [0.15, 0.2) is 54.6 Å². The summed E-state index contributed by atoms with van der Waals surface area (Å²) >= 11 is 0. The number of rotatable bonds is 6. The van der Waals surface area contributed by atoms with E-state index in [0.717, 1.165) is 12.2 Å². The highest BCUT2D eigenvalue weighted by Gasteiger charge is 2.07. The van der Waals surface area contributed by atoms with Gasteiger partial charge in [0.25, 0.3) is 0 Å². The largest absolute Gasteiger partial charge is 0.310 e. The Balaban J connectivity index is 1.53. The SMILES string of the molecule is CC(NCCC1=CCCC1)c1ccc(-n2ccnc2)cc1. The summed E-state index contributed by atoms with van der Waals surface area (Å²) < 4.78 is 2.02. The molecule has 1 unspecified atom stereocenters. The highest BCUT2D eigenvalue weighted by Crippen LogP contribution is 2.21. The second-order valence-electron chi connectivity index (χ2n) is 5.74. The molecule has 3 heteroatoms. The van der Waals surface area contributed by atoms with Gasteiger partial charge in [-0.2, -0.15) is 0 Å². The number of benzene rings is 1. The standard InChI is InChI=1S/C18H23N3/c1-15(20-11-10-16-4-2-3-5-16)17-6-8-18(9-7-17)21-13-12-19-14-21/h4,6-9,12-15,20H,2-3,5,10-11H2,1H3. The maximum atomic E-state index is 4.08. The summed E-state index contributed by atoms with van der Waals surface area (Å²) in [6.45, 7) is 3.30. The van der Waals surface area contributed by atoms with Gasteiger partial charge in [-0.15, -0.1) is 0 Å². The lowest BCUT2D eigenvalue weighted by Crippen LogP contribution is -2.20. The van der Waals surface area contributed by atoms with Crippen molar-refractivity contribution in [3.05, 3.63) is 60.2 Å². The fraction of sp³-hybridized carbons (Fsp3) is 0.389. The van der Waals surface area contributed by atoms with Crippen molar-refractivity contribution in [1.82, 2.24) is 14.9 Å². The molecule has 1 aliphatic rings. The number of nitrogens with zero attached hydrogens (tertiary/aromatic N) is 2. The summed E-state index contributed by atoms with van der Waals surface area (Å²) in [5, 5.41) is 3.62. The van der Waals surface area contributed by atoms with Crippen LogP contribution in [0.5, 0.6) is 0 Å². The van der Waals surface area contributed by atoms with Gasteiger partial charge in [-0.05, 0) is 56.8 Å². The van der Waals surface area contributed by atoms with Gasteiger partial charge in [-0.3, -0.25) is 0 Å². The fourth-order valence-corrected chi connectivity index (χ4v) is 2.88. The van der Waals surface area contributed by atoms with Crippen molar-refractivity contribution in [3.8, 4) is 5.69 Å². The Kier molecular flexibility index (Phi) is 4.51. The van der Waals surface area contributed by atoms with Crippen LogP contribution in [0.2, 0.25) is 0 Å². The van der Waals surface area contributed by atoms with Gasteiger partial charge < -0.3 is 9.88 Å². The molecule has 0 fully saturated rings. The molecule has 1 heterocycles. The van der Waals surface area contributed by atoms with Gasteiger partial charge >= 0.3 is 0 Å². The van der Waals surface area contributed by atoms with Crippen molar-refractivity contribution in [2.75, 3.05) is 6.54 Å². The van der Waals surface area contributed by atoms with Crippen LogP contribution >= 0.6 is 0 Å². The second-order valence-corrected chi connectivity index (χ2v) is 5.74. The summed E-state index contributed by atoms with van der Waals surface area (Å²) in [6, 6.07) is 9.08. The van der Waals surface area contributed by atoms with E-state index >= 15 is 0 Å². The zero-order valence-electron chi connectivity index (χ0n) is 12.6. The topological polar surface area (TPSA) is 29.9 Å². The maximum Gasteiger partial charge on any atom is 0.0991 e. The van der Waals surface area contributed by atoms with Crippen LogP contribution < -0.4 is 5.32 Å². The number of hydrogen-bond donors (Lipinski definition) is 1. The Hall–Kier alpha value is -1.87. The molecule has 1 aromatic carbocycles. The fourth-order valence-electron chi connectivity index (χ4n) is 2.88. The lowest BCUT2D eigenvalue weighted by Gasteiger charge is -2.15. The zero-order chi connectivity index (χ0) is 14.5. The van der Waals surface area contributed by atoms with Crippen LogP contribution in [-0.2, 0) is 0 Å². The lowest BCUT2D eigenvalue weighted by molar-refractivity contribution is 0.573. The molecule has 1 atom stereocenters. The molecule has 110 valence electrons. The predicted octanol–water partition coefficient (Wildman–Crippen LogP) is 4.02. The summed E-state index contributed by atoms with van der Waals surface area (Å²) in [5.41, 5.74) is 4.11. The van der Waals surface area contributed by atoms with Gasteiger partial charge in [0, 0.05) is 24.1 Å². The molecule has 2 aromatic rings. The molecule has 21 heavy (non-hydrogen) atoms. The summed E-state index contributed by atoms with van der Waals surface area (Å²) in [4.78, 5) is 4.08. The zero-order valence-corrected chi connectivity index (χ0v) is 12.6. The molecule has 0 spiro atoms. The van der Waals surface area contributed by atoms with E-state index in [4.69, 9.17) is 0 Å². The first-order valence-electron chi connectivity index (χ1n) is 7.82. The van der Waals surface area contributed by atoms with Crippen LogP contribution in [0.1, 0.15) is 44.2 Å². The quantitative estimate of drug-likeness (QED) is 0.810. The normalized spacial score (nSPS) is 16.0. The van der Waals surface area contributed by atoms with E-state index in [9.17, 15) is 0 Å². The van der Waals surface area contributed by atoms with E-state index in [0.29, 0.717) is 6.04 Å². The van der Waals surface area contributed by atoms with Gasteiger partial charge in [-0.1, -0.05) is 23.8 Å². The molecule has 1 aromatic heterocycles. The smallest absolute Gasteiger partial charge is 0.0991 e. The first kappa shape index (κ1) is 14.1. The number of imidazole rings is 1. The monoisotopic (exact) mass is 281 g/mol. The molecule has 3 nitrogen and oxygen atoms in total. The summed E-state index contributed by atoms with van der Waals surface area (Å²) in [5.74, 6) is 0. The maximum absolute atomic E-state index is 4.08. The number of nitrogens with one attached hydrogen (secondary N) is 1. The van der Waals surface area contributed by atoms with Gasteiger partial charge in [0.1, 0.15) is 0 Å². The first-order chi connectivity index (χ1) is 10.3. The van der Waals surface area contributed by atoms with Crippen LogP contribution in [0, 0.1) is 0 Å². The van der Waals surface area contributed by atoms with Crippen molar-refractivity contribution < 1.29 is 0 Å². The summed E-state index contributed by atoms with van der Waals surface area (Å²) in [7, 11) is 0. The van der Waals surface area contributed by atoms with Crippen molar-refractivity contribution >= 4 is 0 Å². The second kappa shape index (κ2) is 6.72. The lowest BCUT2D eigenvalue weighted by atomic mass is 10.1. The number of allylic oxidation sites excluding steroid dienone is 1. The minimum absolute atomic E-state index is 0.392. The molecule has 0 aliphatic heterocycles. The third kappa shape index (κ3) is 3.61. The molecular formula is C18H23N3. The van der Waals surface area contributed by atoms with Gasteiger partial charge in [0.05, 0.1) is 6.33 Å².